The van der Waals surface area contributed by atoms with Gasteiger partial charge in [-0.3, -0.25) is 0 Å². The van der Waals surface area contributed by atoms with Gasteiger partial charge in [-0.05, 0) is 19.3 Å². The van der Waals surface area contributed by atoms with Crippen molar-refractivity contribution in [1.82, 2.24) is 8.61 Å². The van der Waals surface area contributed by atoms with Crippen molar-refractivity contribution < 1.29 is 8.42 Å². The monoisotopic (exact) mass is 282 g/mol. The van der Waals surface area contributed by atoms with Crippen LogP contribution in [0.25, 0.3) is 0 Å². The third-order valence-electron chi connectivity index (χ3n) is 3.20. The smallest absolute Gasteiger partial charge is 0.195 e. The van der Waals surface area contributed by atoms with Crippen LogP contribution in [-0.2, 0) is 10.2 Å². The van der Waals surface area contributed by atoms with Crippen LogP contribution in [0, 0.1) is 0 Å². The van der Waals surface area contributed by atoms with Gasteiger partial charge in [-0.2, -0.15) is 17.0 Å². The van der Waals surface area contributed by atoms with Gasteiger partial charge in [0.05, 0.1) is 0 Å². The Morgan fingerprint density at radius 1 is 1.35 bits per heavy atom. The van der Waals surface area contributed by atoms with Crippen molar-refractivity contribution in [2.75, 3.05) is 25.5 Å². The molecule has 1 heterocycles. The minimum Gasteiger partial charge on any atom is -0.195 e. The van der Waals surface area contributed by atoms with Gasteiger partial charge in [0, 0.05) is 31.6 Å². The molecular weight excluding hydrogens is 260 g/mol. The van der Waals surface area contributed by atoms with Gasteiger partial charge in [0.1, 0.15) is 0 Å². The zero-order valence-electron chi connectivity index (χ0n) is 10.7. The molecule has 1 rings (SSSR count). The third-order valence-corrected chi connectivity index (χ3v) is 5.72. The molecule has 0 spiro atoms. The number of piperidine rings is 1. The van der Waals surface area contributed by atoms with Gasteiger partial charge in [-0.1, -0.05) is 20.3 Å². The molecule has 0 aromatic heterocycles. The molecule has 1 saturated heterocycles. The molecule has 17 heavy (non-hydrogen) atoms. The molecule has 6 heteroatoms. The lowest BCUT2D eigenvalue weighted by molar-refractivity contribution is 0.247. The van der Waals surface area contributed by atoms with Gasteiger partial charge < -0.3 is 0 Å². The second kappa shape index (κ2) is 6.92. The summed E-state index contributed by atoms with van der Waals surface area (Å²) in [5.41, 5.74) is 0. The average molecular weight is 283 g/mol. The number of alkyl halides is 1. The summed E-state index contributed by atoms with van der Waals surface area (Å²) in [5.74, 6) is 0.392. The molecule has 1 aliphatic rings. The Morgan fingerprint density at radius 3 is 2.59 bits per heavy atom. The van der Waals surface area contributed by atoms with Gasteiger partial charge >= 0.3 is 0 Å². The van der Waals surface area contributed by atoms with E-state index in [1.165, 1.54) is 0 Å². The summed E-state index contributed by atoms with van der Waals surface area (Å²) in [4.78, 5) is 0. The lowest BCUT2D eigenvalue weighted by atomic mass is 10.1. The van der Waals surface area contributed by atoms with Crippen LogP contribution < -0.4 is 0 Å². The summed E-state index contributed by atoms with van der Waals surface area (Å²) in [5, 5.41) is 0. The van der Waals surface area contributed by atoms with Crippen LogP contribution in [0.1, 0.15) is 39.5 Å². The van der Waals surface area contributed by atoms with Crippen LogP contribution in [0.5, 0.6) is 0 Å². The van der Waals surface area contributed by atoms with E-state index >= 15 is 0 Å². The molecule has 1 aliphatic heterocycles. The van der Waals surface area contributed by atoms with E-state index in [0.29, 0.717) is 25.5 Å². The molecule has 0 aliphatic carbocycles. The van der Waals surface area contributed by atoms with Crippen molar-refractivity contribution in [3.05, 3.63) is 0 Å². The molecule has 0 saturated carbocycles. The average Bonchev–Trinajstić information content (AvgIpc) is 2.35. The Hall–Kier alpha value is 0.160. The van der Waals surface area contributed by atoms with Gasteiger partial charge in [0.25, 0.3) is 10.2 Å². The Morgan fingerprint density at radius 2 is 2.06 bits per heavy atom. The fourth-order valence-corrected chi connectivity index (χ4v) is 4.62. The number of halogens is 1. The maximum atomic E-state index is 12.5. The summed E-state index contributed by atoms with van der Waals surface area (Å²) in [6.45, 7) is 5.60. The van der Waals surface area contributed by atoms with Crippen molar-refractivity contribution in [3.8, 4) is 0 Å². The molecule has 1 atom stereocenters. The number of nitrogens with zero attached hydrogens (tertiary/aromatic N) is 2. The lowest BCUT2D eigenvalue weighted by Gasteiger charge is -2.36. The van der Waals surface area contributed by atoms with E-state index in [2.05, 4.69) is 0 Å². The first-order valence-corrected chi connectivity index (χ1v) is 8.33. The van der Waals surface area contributed by atoms with Crippen LogP contribution in [0.15, 0.2) is 0 Å². The largest absolute Gasteiger partial charge is 0.282 e. The van der Waals surface area contributed by atoms with E-state index in [0.717, 1.165) is 25.7 Å². The van der Waals surface area contributed by atoms with Crippen LogP contribution in [0.2, 0.25) is 0 Å². The highest BCUT2D eigenvalue weighted by atomic mass is 35.5. The van der Waals surface area contributed by atoms with Crippen molar-refractivity contribution in [3.63, 3.8) is 0 Å². The molecule has 0 N–H and O–H groups in total. The Labute approximate surface area is 110 Å². The first kappa shape index (κ1) is 15.2. The second-order valence-electron chi connectivity index (χ2n) is 4.41. The molecule has 0 amide bonds. The van der Waals surface area contributed by atoms with Crippen molar-refractivity contribution in [2.45, 2.75) is 45.6 Å². The molecule has 0 radical (unpaired) electrons. The molecule has 102 valence electrons. The highest BCUT2D eigenvalue weighted by Crippen LogP contribution is 2.23. The van der Waals surface area contributed by atoms with Crippen LogP contribution in [0.3, 0.4) is 0 Å². The topological polar surface area (TPSA) is 40.6 Å². The second-order valence-corrected chi connectivity index (χ2v) is 6.60. The minimum absolute atomic E-state index is 0.0266. The molecule has 0 aromatic carbocycles. The maximum absolute atomic E-state index is 12.5. The zero-order chi connectivity index (χ0) is 12.9. The van der Waals surface area contributed by atoms with Crippen LogP contribution in [0.4, 0.5) is 0 Å². The first-order chi connectivity index (χ1) is 8.07. The molecule has 1 fully saturated rings. The van der Waals surface area contributed by atoms with Crippen LogP contribution >= 0.6 is 11.6 Å². The summed E-state index contributed by atoms with van der Waals surface area (Å²) in [6.07, 6.45) is 3.73. The van der Waals surface area contributed by atoms with Crippen LogP contribution in [-0.4, -0.2) is 48.6 Å². The fraction of sp³-hybridized carbons (Fsp3) is 1.00. The van der Waals surface area contributed by atoms with Crippen molar-refractivity contribution >= 4 is 21.8 Å². The fourth-order valence-electron chi connectivity index (χ4n) is 2.27. The van der Waals surface area contributed by atoms with E-state index in [1.54, 1.807) is 8.61 Å². The number of hydrogen-bond donors (Lipinski definition) is 0. The molecule has 0 bridgehead atoms. The predicted octanol–water partition coefficient (Wildman–Crippen LogP) is 2.06. The van der Waals surface area contributed by atoms with Gasteiger partial charge in [-0.15, -0.1) is 11.6 Å². The van der Waals surface area contributed by atoms with E-state index in [9.17, 15) is 8.42 Å². The third kappa shape index (κ3) is 3.56. The maximum Gasteiger partial charge on any atom is 0.282 e. The predicted molar refractivity (Wildman–Crippen MR) is 71.5 cm³/mol. The molecule has 4 nitrogen and oxygen atoms in total. The number of hydrogen-bond acceptors (Lipinski definition) is 2. The summed E-state index contributed by atoms with van der Waals surface area (Å²) in [6, 6.07) is -0.0266. The SMILES string of the molecule is CCCN(CC)S(=O)(=O)N1CCCCC1CCl. The summed E-state index contributed by atoms with van der Waals surface area (Å²) in [7, 11) is -3.32. The van der Waals surface area contributed by atoms with Gasteiger partial charge in [-0.25, -0.2) is 0 Å². The highest BCUT2D eigenvalue weighted by molar-refractivity contribution is 7.86. The molecule has 1 unspecified atom stereocenters. The van der Waals surface area contributed by atoms with Crippen molar-refractivity contribution in [1.29, 1.82) is 0 Å². The van der Waals surface area contributed by atoms with Crippen molar-refractivity contribution in [2.24, 2.45) is 0 Å². The zero-order valence-corrected chi connectivity index (χ0v) is 12.3. The summed E-state index contributed by atoms with van der Waals surface area (Å²) >= 11 is 5.88. The summed E-state index contributed by atoms with van der Waals surface area (Å²) < 4.78 is 28.1. The van der Waals surface area contributed by atoms with E-state index in [4.69, 9.17) is 11.6 Å². The normalized spacial score (nSPS) is 23.2. The van der Waals surface area contributed by atoms with Gasteiger partial charge in [0.15, 0.2) is 0 Å². The first-order valence-electron chi connectivity index (χ1n) is 6.40. The quantitative estimate of drug-likeness (QED) is 0.700. The Kier molecular flexibility index (Phi) is 6.20. The minimum atomic E-state index is -3.32. The van der Waals surface area contributed by atoms with Gasteiger partial charge in [0.2, 0.25) is 0 Å². The molecule has 0 aromatic rings. The standard InChI is InChI=1S/C11H23ClN2O2S/c1-3-8-13(4-2)17(15,16)14-9-6-5-7-11(14)10-12/h11H,3-10H2,1-2H3. The van der Waals surface area contributed by atoms with E-state index in [-0.39, 0.29) is 6.04 Å². The number of rotatable bonds is 6. The van der Waals surface area contributed by atoms with E-state index in [1.807, 2.05) is 13.8 Å². The Balaban J connectivity index is 2.85. The molecular formula is C11H23ClN2O2S. The van der Waals surface area contributed by atoms with E-state index < -0.39 is 10.2 Å². The lowest BCUT2D eigenvalue weighted by Crippen LogP contribution is -2.51. The highest BCUT2D eigenvalue weighted by Gasteiger charge is 2.34. The Bertz CT molecular complexity index is 321.